The van der Waals surface area contributed by atoms with Crippen LogP contribution in [0.1, 0.15) is 99.8 Å². The van der Waals surface area contributed by atoms with Gasteiger partial charge in [-0.1, -0.05) is 23.7 Å². The van der Waals surface area contributed by atoms with Crippen molar-refractivity contribution in [2.75, 3.05) is 33.4 Å². The second-order valence-corrected chi connectivity index (χ2v) is 15.4. The molecule has 2 aromatic carbocycles. The Morgan fingerprint density at radius 1 is 1.04 bits per heavy atom. The predicted molar refractivity (Wildman–Crippen MR) is 176 cm³/mol. The molecule has 1 saturated carbocycles. The van der Waals surface area contributed by atoms with Crippen LogP contribution in [-0.4, -0.2) is 72.6 Å². The maximum atomic E-state index is 15.2. The summed E-state index contributed by atoms with van der Waals surface area (Å²) in [5.74, 6) is -1.73. The summed E-state index contributed by atoms with van der Waals surface area (Å²) in [6.07, 6.45) is 5.68. The smallest absolute Gasteiger partial charge is 0.226 e. The number of nitrogens with zero attached hydrogens (tertiary/aromatic N) is 2. The molecule has 4 aliphatic rings. The van der Waals surface area contributed by atoms with Gasteiger partial charge in [0.2, 0.25) is 11.8 Å². The summed E-state index contributed by atoms with van der Waals surface area (Å²) < 4.78 is 34.8. The molecule has 2 heterocycles. The van der Waals surface area contributed by atoms with E-state index in [0.717, 1.165) is 62.0 Å². The topological polar surface area (TPSA) is 61.9 Å². The van der Waals surface area contributed by atoms with Gasteiger partial charge in [0.15, 0.2) is 0 Å². The van der Waals surface area contributed by atoms with Crippen LogP contribution in [0.4, 0.5) is 8.78 Å². The van der Waals surface area contributed by atoms with Crippen molar-refractivity contribution in [2.24, 2.45) is 5.92 Å². The van der Waals surface area contributed by atoms with Crippen molar-refractivity contribution < 1.29 is 23.1 Å². The van der Waals surface area contributed by atoms with Gasteiger partial charge in [-0.2, -0.15) is 0 Å². The van der Waals surface area contributed by atoms with Crippen LogP contribution in [0.5, 0.6) is 0 Å². The third kappa shape index (κ3) is 6.22. The lowest BCUT2D eigenvalue weighted by atomic mass is 9.71. The Bertz CT molecular complexity index is 1480. The quantitative estimate of drug-likeness (QED) is 0.369. The van der Waals surface area contributed by atoms with Gasteiger partial charge in [-0.3, -0.25) is 9.59 Å². The highest BCUT2D eigenvalue weighted by molar-refractivity contribution is 6.31. The number of hydrogen-bond acceptors (Lipinski definition) is 4. The van der Waals surface area contributed by atoms with Gasteiger partial charge in [0, 0.05) is 73.8 Å². The molecule has 6 rings (SSSR count). The second-order valence-electron chi connectivity index (χ2n) is 15.0. The lowest BCUT2D eigenvalue weighted by molar-refractivity contribution is -0.137. The van der Waals surface area contributed by atoms with Crippen molar-refractivity contribution in [3.05, 3.63) is 69.2 Å². The zero-order chi connectivity index (χ0) is 33.0. The number of likely N-dealkylation sites (tertiary alicyclic amines) is 1. The molecule has 250 valence electrons. The highest BCUT2D eigenvalue weighted by Gasteiger charge is 2.52. The molecule has 0 bridgehead atoms. The van der Waals surface area contributed by atoms with Crippen LogP contribution < -0.4 is 5.32 Å². The van der Waals surface area contributed by atoms with E-state index in [1.54, 1.807) is 6.92 Å². The molecule has 0 radical (unpaired) electrons. The minimum absolute atomic E-state index is 0.0527. The van der Waals surface area contributed by atoms with Crippen LogP contribution in [-0.2, 0) is 19.7 Å². The molecule has 2 aliphatic heterocycles. The van der Waals surface area contributed by atoms with Crippen molar-refractivity contribution in [2.45, 2.75) is 108 Å². The van der Waals surface area contributed by atoms with Gasteiger partial charge in [-0.15, -0.1) is 0 Å². The van der Waals surface area contributed by atoms with Crippen molar-refractivity contribution in [3.63, 3.8) is 0 Å². The first-order chi connectivity index (χ1) is 21.8. The maximum absolute atomic E-state index is 15.2. The van der Waals surface area contributed by atoms with E-state index in [0.29, 0.717) is 37.5 Å². The third-order valence-electron chi connectivity index (χ3n) is 11.8. The van der Waals surface area contributed by atoms with Crippen LogP contribution in [0, 0.1) is 24.5 Å². The van der Waals surface area contributed by atoms with Gasteiger partial charge in [0.1, 0.15) is 11.6 Å². The fourth-order valence-electron chi connectivity index (χ4n) is 9.26. The van der Waals surface area contributed by atoms with Crippen molar-refractivity contribution in [3.8, 4) is 0 Å². The van der Waals surface area contributed by atoms with E-state index in [4.69, 9.17) is 16.3 Å². The molecule has 2 amide bonds. The Balaban J connectivity index is 1.24. The number of piperidine rings is 1. The number of carbonyl (C=O) groups excluding carboxylic acids is 2. The lowest BCUT2D eigenvalue weighted by Gasteiger charge is -2.42. The fourth-order valence-corrected chi connectivity index (χ4v) is 9.43. The summed E-state index contributed by atoms with van der Waals surface area (Å²) in [7, 11) is 2.12. The van der Waals surface area contributed by atoms with Gasteiger partial charge in [0.05, 0.1) is 0 Å². The van der Waals surface area contributed by atoms with Crippen LogP contribution in [0.15, 0.2) is 30.3 Å². The summed E-state index contributed by atoms with van der Waals surface area (Å²) in [4.78, 5) is 30.9. The average molecular weight is 656 g/mol. The minimum atomic E-state index is -0.605. The Hall–Kier alpha value is -2.55. The molecule has 4 atom stereocenters. The van der Waals surface area contributed by atoms with E-state index in [1.165, 1.54) is 23.3 Å². The number of carbonyl (C=O) groups is 2. The molecule has 6 nitrogen and oxygen atoms in total. The summed E-state index contributed by atoms with van der Waals surface area (Å²) in [6, 6.07) is 8.60. The van der Waals surface area contributed by atoms with E-state index >= 15 is 4.39 Å². The Morgan fingerprint density at radius 2 is 1.74 bits per heavy atom. The number of fused-ring (bicyclic) bond motifs is 2. The van der Waals surface area contributed by atoms with Gasteiger partial charge in [-0.25, -0.2) is 8.78 Å². The third-order valence-corrected chi connectivity index (χ3v) is 12.2. The monoisotopic (exact) mass is 655 g/mol. The summed E-state index contributed by atoms with van der Waals surface area (Å²) >= 11 is 6.70. The van der Waals surface area contributed by atoms with Gasteiger partial charge >= 0.3 is 0 Å². The van der Waals surface area contributed by atoms with Crippen molar-refractivity contribution in [1.82, 2.24) is 15.1 Å². The molecular weight excluding hydrogens is 608 g/mol. The van der Waals surface area contributed by atoms with E-state index in [1.807, 2.05) is 11.8 Å². The summed E-state index contributed by atoms with van der Waals surface area (Å²) in [5.41, 5.74) is 3.35. The largest absolute Gasteiger partial charge is 0.381 e. The second kappa shape index (κ2) is 12.8. The minimum Gasteiger partial charge on any atom is -0.381 e. The van der Waals surface area contributed by atoms with Crippen molar-refractivity contribution in [1.29, 1.82) is 0 Å². The lowest BCUT2D eigenvalue weighted by Crippen LogP contribution is -2.49. The van der Waals surface area contributed by atoms with Crippen LogP contribution in [0.25, 0.3) is 0 Å². The van der Waals surface area contributed by atoms with Gasteiger partial charge in [0.25, 0.3) is 0 Å². The highest BCUT2D eigenvalue weighted by Crippen LogP contribution is 2.56. The SMILES string of the molecule is CC(=O)NC(C)(C)[C@H]1CC2(CCN(C(=O)[C@@H]3C[C@H](N(C)C4CCOCC4)C[C@H]3c3ccc(F)cc3F)CC2)c2cc(Cl)c(C)cc21. The van der Waals surface area contributed by atoms with E-state index < -0.39 is 17.2 Å². The molecule has 1 spiro atoms. The molecular formula is C37H48ClF2N3O3. The first kappa shape index (κ1) is 33.4. The number of benzene rings is 2. The number of hydrogen-bond donors (Lipinski definition) is 1. The van der Waals surface area contributed by atoms with Gasteiger partial charge in [-0.05, 0) is 118 Å². The van der Waals surface area contributed by atoms with Gasteiger partial charge < -0.3 is 19.9 Å². The Morgan fingerprint density at radius 3 is 2.39 bits per heavy atom. The van der Waals surface area contributed by atoms with E-state index in [-0.39, 0.29) is 41.0 Å². The Labute approximate surface area is 277 Å². The number of nitrogens with one attached hydrogen (secondary N) is 1. The molecule has 46 heavy (non-hydrogen) atoms. The predicted octanol–water partition coefficient (Wildman–Crippen LogP) is 6.86. The Kier molecular flexibility index (Phi) is 9.29. The summed E-state index contributed by atoms with van der Waals surface area (Å²) in [5, 5.41) is 3.93. The fraction of sp³-hybridized carbons (Fsp3) is 0.622. The first-order valence-corrected chi connectivity index (χ1v) is 17.3. The zero-order valence-electron chi connectivity index (χ0n) is 27.8. The van der Waals surface area contributed by atoms with Crippen LogP contribution >= 0.6 is 11.6 Å². The average Bonchev–Trinajstić information content (AvgIpc) is 3.57. The molecule has 3 fully saturated rings. The summed E-state index contributed by atoms with van der Waals surface area (Å²) in [6.45, 7) is 10.4. The van der Waals surface area contributed by atoms with E-state index in [2.05, 4.69) is 43.2 Å². The zero-order valence-corrected chi connectivity index (χ0v) is 28.6. The molecule has 2 aliphatic carbocycles. The highest BCUT2D eigenvalue weighted by atomic mass is 35.5. The number of rotatable bonds is 6. The first-order valence-electron chi connectivity index (χ1n) is 16.9. The number of aryl methyl sites for hydroxylation is 1. The molecule has 2 aromatic rings. The molecule has 9 heteroatoms. The standard InChI is InChI=1S/C37H48ClF2N3O3/c1-22-16-30-31(20-33(22)38)37(21-32(30)36(3,4)41-23(2)44)10-12-43(13-11-37)35(45)29-19-26(42(5)25-8-14-46-15-9-25)18-28(29)27-7-6-24(39)17-34(27)40/h6-7,16-17,20,25-26,28-29,32H,8-15,18-19,21H2,1-5H3,(H,41,44)/t26-,28+,29-,32+/m1/s1. The number of ether oxygens (including phenoxy) is 1. The van der Waals surface area contributed by atoms with Crippen LogP contribution in [0.3, 0.4) is 0 Å². The molecule has 1 N–H and O–H groups in total. The molecule has 0 aromatic heterocycles. The number of amides is 2. The molecule has 2 saturated heterocycles. The number of halogens is 3. The molecule has 0 unspecified atom stereocenters. The van der Waals surface area contributed by atoms with Crippen LogP contribution in [0.2, 0.25) is 5.02 Å². The van der Waals surface area contributed by atoms with Crippen molar-refractivity contribution >= 4 is 23.4 Å². The normalized spacial score (nSPS) is 26.5. The van der Waals surface area contributed by atoms with E-state index in [9.17, 15) is 14.0 Å². The maximum Gasteiger partial charge on any atom is 0.226 e.